The van der Waals surface area contributed by atoms with E-state index in [1.165, 1.54) is 0 Å². The van der Waals surface area contributed by atoms with E-state index in [1.54, 1.807) is 30.1 Å². The fraction of sp³-hybridized carbons (Fsp3) is 0.360. The summed E-state index contributed by atoms with van der Waals surface area (Å²) < 4.78 is 1.60. The van der Waals surface area contributed by atoms with E-state index >= 15 is 0 Å². The number of rotatable bonds is 6. The van der Waals surface area contributed by atoms with Crippen molar-refractivity contribution < 1.29 is 4.79 Å². The number of anilines is 1. The molecule has 1 aliphatic rings. The summed E-state index contributed by atoms with van der Waals surface area (Å²) in [4.78, 5) is 38.7. The van der Waals surface area contributed by atoms with Crippen LogP contribution in [0.2, 0.25) is 0 Å². The first-order chi connectivity index (χ1) is 15.6. The van der Waals surface area contributed by atoms with Crippen molar-refractivity contribution in [2.45, 2.75) is 32.2 Å². The van der Waals surface area contributed by atoms with Crippen LogP contribution in [-0.4, -0.2) is 51.0 Å². The number of carbonyl (C=O) groups excluding carboxylic acids is 1. The topological polar surface area (TPSA) is 71.3 Å². The molecule has 1 fully saturated rings. The van der Waals surface area contributed by atoms with Crippen molar-refractivity contribution in [2.24, 2.45) is 7.05 Å². The van der Waals surface area contributed by atoms with Gasteiger partial charge in [-0.1, -0.05) is 30.3 Å². The van der Waals surface area contributed by atoms with Gasteiger partial charge in [0, 0.05) is 56.7 Å². The maximum atomic E-state index is 13.0. The lowest BCUT2D eigenvalue weighted by Crippen LogP contribution is -2.51. The Bertz CT molecular complexity index is 1110. The molecular formula is C25H29N5O2. The lowest BCUT2D eigenvalue weighted by molar-refractivity contribution is -0.131. The van der Waals surface area contributed by atoms with Gasteiger partial charge in [-0.05, 0) is 37.5 Å². The minimum atomic E-state index is -0.104. The highest BCUT2D eigenvalue weighted by molar-refractivity contribution is 5.79. The van der Waals surface area contributed by atoms with Gasteiger partial charge in [0.2, 0.25) is 11.9 Å². The molecule has 7 heteroatoms. The maximum absolute atomic E-state index is 13.0. The van der Waals surface area contributed by atoms with Crippen LogP contribution in [0, 0.1) is 0 Å². The van der Waals surface area contributed by atoms with Crippen LogP contribution in [0.5, 0.6) is 0 Å². The second-order valence-corrected chi connectivity index (χ2v) is 8.16. The van der Waals surface area contributed by atoms with E-state index in [2.05, 4.69) is 16.8 Å². The molecule has 1 saturated heterocycles. The number of piperidine rings is 1. The standard InChI is InChI=1S/C25H29N5O2/c1-3-30(25-27-22(17-23(31)28(25)2)20-11-13-26-14-12-20)21-10-7-15-29(18-21)24(32)16-19-8-5-4-6-9-19/h4-6,8-9,11-14,17,21H,3,7,10,15-16,18H2,1-2H3. The SMILES string of the molecule is CCN(c1nc(-c2ccncc2)cc(=O)n1C)C1CCCN(C(=O)Cc2ccccc2)C1. The molecule has 1 aromatic carbocycles. The normalized spacial score (nSPS) is 16.1. The molecule has 0 spiro atoms. The van der Waals surface area contributed by atoms with E-state index in [1.807, 2.05) is 47.4 Å². The quantitative estimate of drug-likeness (QED) is 0.600. The summed E-state index contributed by atoms with van der Waals surface area (Å²) in [6, 6.07) is 15.2. The van der Waals surface area contributed by atoms with Gasteiger partial charge in [0.05, 0.1) is 12.1 Å². The van der Waals surface area contributed by atoms with Gasteiger partial charge in [-0.2, -0.15) is 0 Å². The van der Waals surface area contributed by atoms with Crippen molar-refractivity contribution >= 4 is 11.9 Å². The molecule has 1 unspecified atom stereocenters. The number of aromatic nitrogens is 3. The zero-order chi connectivity index (χ0) is 22.5. The molecule has 7 nitrogen and oxygen atoms in total. The number of amides is 1. The number of nitrogens with zero attached hydrogens (tertiary/aromatic N) is 5. The Morgan fingerprint density at radius 2 is 1.91 bits per heavy atom. The van der Waals surface area contributed by atoms with Crippen LogP contribution in [0.1, 0.15) is 25.3 Å². The van der Waals surface area contributed by atoms with Gasteiger partial charge >= 0.3 is 0 Å². The fourth-order valence-corrected chi connectivity index (χ4v) is 4.34. The Morgan fingerprint density at radius 1 is 1.16 bits per heavy atom. The van der Waals surface area contributed by atoms with Crippen LogP contribution in [0.3, 0.4) is 0 Å². The van der Waals surface area contributed by atoms with E-state index in [0.717, 1.165) is 30.5 Å². The van der Waals surface area contributed by atoms with Crippen LogP contribution in [0.15, 0.2) is 65.7 Å². The first kappa shape index (κ1) is 21.7. The molecule has 0 N–H and O–H groups in total. The van der Waals surface area contributed by atoms with Gasteiger partial charge in [0.1, 0.15) is 0 Å². The summed E-state index contributed by atoms with van der Waals surface area (Å²) in [5.41, 5.74) is 2.42. The van der Waals surface area contributed by atoms with E-state index in [9.17, 15) is 9.59 Å². The molecule has 3 aromatic rings. The summed E-state index contributed by atoms with van der Waals surface area (Å²) in [6.07, 6.45) is 5.69. The molecule has 0 radical (unpaired) electrons. The first-order valence-corrected chi connectivity index (χ1v) is 11.1. The zero-order valence-electron chi connectivity index (χ0n) is 18.6. The Kier molecular flexibility index (Phi) is 6.63. The highest BCUT2D eigenvalue weighted by atomic mass is 16.2. The lowest BCUT2D eigenvalue weighted by atomic mass is 10.0. The molecule has 0 aliphatic carbocycles. The number of benzene rings is 1. The maximum Gasteiger partial charge on any atom is 0.255 e. The first-order valence-electron chi connectivity index (χ1n) is 11.1. The molecule has 0 saturated carbocycles. The summed E-state index contributed by atoms with van der Waals surface area (Å²) in [5, 5.41) is 0. The molecule has 0 bridgehead atoms. The molecule has 1 aliphatic heterocycles. The highest BCUT2D eigenvalue weighted by Gasteiger charge is 2.29. The van der Waals surface area contributed by atoms with Gasteiger partial charge < -0.3 is 9.80 Å². The molecule has 1 atom stereocenters. The van der Waals surface area contributed by atoms with E-state index < -0.39 is 0 Å². The van der Waals surface area contributed by atoms with Crippen molar-refractivity contribution in [1.82, 2.24) is 19.4 Å². The molecule has 4 rings (SSSR count). The molecule has 166 valence electrons. The van der Waals surface area contributed by atoms with Gasteiger partial charge in [0.25, 0.3) is 5.56 Å². The Hall–Kier alpha value is -3.48. The van der Waals surface area contributed by atoms with Crippen LogP contribution >= 0.6 is 0 Å². The van der Waals surface area contributed by atoms with Crippen molar-refractivity contribution in [3.8, 4) is 11.3 Å². The van der Waals surface area contributed by atoms with Crippen molar-refractivity contribution in [2.75, 3.05) is 24.5 Å². The summed E-state index contributed by atoms with van der Waals surface area (Å²) in [6.45, 7) is 4.17. The Morgan fingerprint density at radius 3 is 2.62 bits per heavy atom. The zero-order valence-corrected chi connectivity index (χ0v) is 18.6. The van der Waals surface area contributed by atoms with Crippen LogP contribution < -0.4 is 10.5 Å². The minimum absolute atomic E-state index is 0.104. The predicted molar refractivity (Wildman–Crippen MR) is 125 cm³/mol. The van der Waals surface area contributed by atoms with Crippen LogP contribution in [0.4, 0.5) is 5.95 Å². The van der Waals surface area contributed by atoms with Crippen molar-refractivity contribution in [3.05, 3.63) is 76.8 Å². The smallest absolute Gasteiger partial charge is 0.255 e. The number of pyridine rings is 1. The van der Waals surface area contributed by atoms with Crippen molar-refractivity contribution in [1.29, 1.82) is 0 Å². The van der Waals surface area contributed by atoms with Crippen molar-refractivity contribution in [3.63, 3.8) is 0 Å². The van der Waals surface area contributed by atoms with Gasteiger partial charge in [0.15, 0.2) is 0 Å². The third-order valence-corrected chi connectivity index (χ3v) is 6.07. The minimum Gasteiger partial charge on any atom is -0.340 e. The summed E-state index contributed by atoms with van der Waals surface area (Å²) in [7, 11) is 1.75. The fourth-order valence-electron chi connectivity index (χ4n) is 4.34. The van der Waals surface area contributed by atoms with Crippen LogP contribution in [0.25, 0.3) is 11.3 Å². The van der Waals surface area contributed by atoms with Gasteiger partial charge in [-0.15, -0.1) is 0 Å². The summed E-state index contributed by atoms with van der Waals surface area (Å²) >= 11 is 0. The van der Waals surface area contributed by atoms with Crippen LogP contribution in [-0.2, 0) is 18.3 Å². The molecule has 2 aromatic heterocycles. The third kappa shape index (κ3) is 4.72. The average molecular weight is 432 g/mol. The highest BCUT2D eigenvalue weighted by Crippen LogP contribution is 2.23. The molecule has 3 heterocycles. The predicted octanol–water partition coefficient (Wildman–Crippen LogP) is 2.90. The Balaban J connectivity index is 1.57. The third-order valence-electron chi connectivity index (χ3n) is 6.07. The number of carbonyl (C=O) groups is 1. The molecular weight excluding hydrogens is 402 g/mol. The molecule has 32 heavy (non-hydrogen) atoms. The van der Waals surface area contributed by atoms with E-state index in [0.29, 0.717) is 31.2 Å². The average Bonchev–Trinajstić information content (AvgIpc) is 2.83. The van der Waals surface area contributed by atoms with E-state index in [-0.39, 0.29) is 17.5 Å². The second kappa shape index (κ2) is 9.77. The number of hydrogen-bond donors (Lipinski definition) is 0. The van der Waals surface area contributed by atoms with Gasteiger partial charge in [-0.25, -0.2) is 4.98 Å². The number of likely N-dealkylation sites (tertiary alicyclic amines) is 1. The monoisotopic (exact) mass is 431 g/mol. The second-order valence-electron chi connectivity index (χ2n) is 8.16. The largest absolute Gasteiger partial charge is 0.340 e. The number of likely N-dealkylation sites (N-methyl/N-ethyl adjacent to an activating group) is 1. The lowest BCUT2D eigenvalue weighted by Gasteiger charge is -2.40. The summed E-state index contributed by atoms with van der Waals surface area (Å²) in [5.74, 6) is 0.776. The van der Waals surface area contributed by atoms with E-state index in [4.69, 9.17) is 4.98 Å². The van der Waals surface area contributed by atoms with Gasteiger partial charge in [-0.3, -0.25) is 19.1 Å². The molecule has 1 amide bonds. The number of hydrogen-bond acceptors (Lipinski definition) is 5. The Labute approximate surface area is 188 Å².